The van der Waals surface area contributed by atoms with Gasteiger partial charge in [-0.25, -0.2) is 4.79 Å². The van der Waals surface area contributed by atoms with Crippen LogP contribution in [0.1, 0.15) is 40.2 Å². The zero-order valence-electron chi connectivity index (χ0n) is 17.6. The van der Waals surface area contributed by atoms with E-state index in [4.69, 9.17) is 9.15 Å². The van der Waals surface area contributed by atoms with Crippen LogP contribution in [0.3, 0.4) is 0 Å². The van der Waals surface area contributed by atoms with Gasteiger partial charge >= 0.3 is 11.6 Å². The highest BCUT2D eigenvalue weighted by Gasteiger charge is 2.19. The molecule has 0 atom stereocenters. The third kappa shape index (κ3) is 4.75. The molecule has 0 saturated carbocycles. The smallest absolute Gasteiger partial charge is 0.336 e. The molecule has 156 valence electrons. The van der Waals surface area contributed by atoms with Crippen LogP contribution in [0.5, 0.6) is 0 Å². The van der Waals surface area contributed by atoms with Crippen LogP contribution >= 0.6 is 0 Å². The standard InChI is InChI=1S/C27H24O4/c1-18-13-24-22(15-27(29)31-25(24)14-19(18)2)17-30-26(28)16-23(20-9-5-3-6-10-20)21-11-7-4-8-12-21/h3-15,23H,16-17H2,1-2H3. The molecule has 0 saturated heterocycles. The highest BCUT2D eigenvalue weighted by molar-refractivity contribution is 5.82. The summed E-state index contributed by atoms with van der Waals surface area (Å²) < 4.78 is 10.9. The zero-order chi connectivity index (χ0) is 21.8. The Labute approximate surface area is 181 Å². The average Bonchev–Trinajstić information content (AvgIpc) is 2.78. The second-order valence-corrected chi connectivity index (χ2v) is 7.76. The third-order valence-corrected chi connectivity index (χ3v) is 5.61. The fourth-order valence-corrected chi connectivity index (χ4v) is 3.79. The monoisotopic (exact) mass is 412 g/mol. The van der Waals surface area contributed by atoms with E-state index in [9.17, 15) is 9.59 Å². The van der Waals surface area contributed by atoms with E-state index in [1.54, 1.807) is 0 Å². The van der Waals surface area contributed by atoms with E-state index in [2.05, 4.69) is 0 Å². The number of rotatable bonds is 6. The lowest BCUT2D eigenvalue weighted by Gasteiger charge is -2.17. The van der Waals surface area contributed by atoms with Gasteiger partial charge in [0.05, 0.1) is 6.42 Å². The fourth-order valence-electron chi connectivity index (χ4n) is 3.79. The Balaban J connectivity index is 1.56. The van der Waals surface area contributed by atoms with Crippen LogP contribution < -0.4 is 5.63 Å². The first kappa shape index (κ1) is 20.6. The number of hydrogen-bond acceptors (Lipinski definition) is 4. The van der Waals surface area contributed by atoms with Crippen molar-refractivity contribution < 1.29 is 13.9 Å². The van der Waals surface area contributed by atoms with Gasteiger partial charge in [-0.1, -0.05) is 60.7 Å². The third-order valence-electron chi connectivity index (χ3n) is 5.61. The Morgan fingerprint density at radius 1 is 0.871 bits per heavy atom. The van der Waals surface area contributed by atoms with Crippen molar-refractivity contribution in [2.24, 2.45) is 0 Å². The van der Waals surface area contributed by atoms with Gasteiger partial charge < -0.3 is 9.15 Å². The number of ether oxygens (including phenoxy) is 1. The SMILES string of the molecule is Cc1cc2oc(=O)cc(COC(=O)CC(c3ccccc3)c3ccccc3)c2cc1C. The topological polar surface area (TPSA) is 56.5 Å². The summed E-state index contributed by atoms with van der Waals surface area (Å²) in [5.41, 5.74) is 4.95. The minimum absolute atomic E-state index is 0.0275. The van der Waals surface area contributed by atoms with E-state index in [-0.39, 0.29) is 24.9 Å². The molecule has 1 heterocycles. The van der Waals surface area contributed by atoms with E-state index in [0.29, 0.717) is 11.1 Å². The van der Waals surface area contributed by atoms with Crippen LogP contribution in [-0.4, -0.2) is 5.97 Å². The van der Waals surface area contributed by atoms with Crippen LogP contribution in [0.25, 0.3) is 11.0 Å². The maximum Gasteiger partial charge on any atom is 0.336 e. The molecule has 0 fully saturated rings. The predicted molar refractivity (Wildman–Crippen MR) is 121 cm³/mol. The first-order chi connectivity index (χ1) is 15.0. The summed E-state index contributed by atoms with van der Waals surface area (Å²) in [6.07, 6.45) is 0.214. The number of esters is 1. The summed E-state index contributed by atoms with van der Waals surface area (Å²) in [4.78, 5) is 24.8. The summed E-state index contributed by atoms with van der Waals surface area (Å²) in [7, 11) is 0. The van der Waals surface area contributed by atoms with Gasteiger partial charge in [0.25, 0.3) is 0 Å². The normalized spacial score (nSPS) is 11.1. The summed E-state index contributed by atoms with van der Waals surface area (Å²) in [6, 6.07) is 25.1. The van der Waals surface area contributed by atoms with Crippen LogP contribution in [0.4, 0.5) is 0 Å². The molecular weight excluding hydrogens is 388 g/mol. The largest absolute Gasteiger partial charge is 0.461 e. The number of carbonyl (C=O) groups excluding carboxylic acids is 1. The molecule has 0 aliphatic carbocycles. The van der Waals surface area contributed by atoms with Gasteiger partial charge in [0.1, 0.15) is 12.2 Å². The van der Waals surface area contributed by atoms with E-state index in [1.165, 1.54) is 6.07 Å². The quantitative estimate of drug-likeness (QED) is 0.302. The first-order valence-corrected chi connectivity index (χ1v) is 10.3. The second kappa shape index (κ2) is 9.00. The predicted octanol–water partition coefficient (Wildman–Crippen LogP) is 5.68. The van der Waals surface area contributed by atoms with Gasteiger partial charge in [-0.2, -0.15) is 0 Å². The number of fused-ring (bicyclic) bond motifs is 1. The van der Waals surface area contributed by atoms with Gasteiger partial charge in [0.15, 0.2) is 0 Å². The zero-order valence-corrected chi connectivity index (χ0v) is 17.6. The Morgan fingerprint density at radius 2 is 1.45 bits per heavy atom. The number of aryl methyl sites for hydroxylation is 2. The molecule has 0 bridgehead atoms. The van der Waals surface area contributed by atoms with E-state index in [1.807, 2.05) is 86.6 Å². The lowest BCUT2D eigenvalue weighted by Crippen LogP contribution is -2.12. The molecule has 0 N–H and O–H groups in total. The molecule has 0 aliphatic heterocycles. The van der Waals surface area contributed by atoms with Gasteiger partial charge in [-0.3, -0.25) is 4.79 Å². The number of hydrogen-bond donors (Lipinski definition) is 0. The number of benzene rings is 3. The summed E-state index contributed by atoms with van der Waals surface area (Å²) in [5.74, 6) is -0.416. The summed E-state index contributed by atoms with van der Waals surface area (Å²) in [6.45, 7) is 3.99. The van der Waals surface area contributed by atoms with Gasteiger partial charge in [-0.15, -0.1) is 0 Å². The van der Waals surface area contributed by atoms with Crippen LogP contribution in [0, 0.1) is 13.8 Å². The van der Waals surface area contributed by atoms with Crippen molar-refractivity contribution in [2.45, 2.75) is 32.8 Å². The first-order valence-electron chi connectivity index (χ1n) is 10.3. The van der Waals surface area contributed by atoms with Crippen molar-refractivity contribution in [2.75, 3.05) is 0 Å². The molecule has 0 amide bonds. The molecule has 0 aliphatic rings. The van der Waals surface area contributed by atoms with Crippen molar-refractivity contribution in [1.29, 1.82) is 0 Å². The van der Waals surface area contributed by atoms with Crippen molar-refractivity contribution in [3.63, 3.8) is 0 Å². The van der Waals surface area contributed by atoms with Crippen molar-refractivity contribution >= 4 is 16.9 Å². The lowest BCUT2D eigenvalue weighted by molar-refractivity contribution is -0.145. The average molecular weight is 412 g/mol. The van der Waals surface area contributed by atoms with Crippen molar-refractivity contribution in [1.82, 2.24) is 0 Å². The van der Waals surface area contributed by atoms with Crippen LogP contribution in [0.15, 0.2) is 88.1 Å². The molecule has 1 aromatic heterocycles. The maximum absolute atomic E-state index is 12.8. The number of carbonyl (C=O) groups is 1. The molecule has 4 heteroatoms. The minimum Gasteiger partial charge on any atom is -0.461 e. The Bertz CT molecular complexity index is 1220. The minimum atomic E-state index is -0.451. The molecule has 31 heavy (non-hydrogen) atoms. The Kier molecular flexibility index (Phi) is 5.99. The Hall–Kier alpha value is -3.66. The molecule has 0 unspecified atom stereocenters. The molecule has 4 aromatic rings. The lowest BCUT2D eigenvalue weighted by atomic mass is 9.88. The summed E-state index contributed by atoms with van der Waals surface area (Å²) in [5, 5.41) is 0.790. The van der Waals surface area contributed by atoms with E-state index >= 15 is 0 Å². The molecule has 4 rings (SSSR count). The molecule has 3 aromatic carbocycles. The van der Waals surface area contributed by atoms with Gasteiger partial charge in [0.2, 0.25) is 0 Å². The van der Waals surface area contributed by atoms with Gasteiger partial charge in [0, 0.05) is 22.9 Å². The van der Waals surface area contributed by atoms with Crippen LogP contribution in [0.2, 0.25) is 0 Å². The highest BCUT2D eigenvalue weighted by atomic mass is 16.5. The molecule has 0 spiro atoms. The molecule has 0 radical (unpaired) electrons. The van der Waals surface area contributed by atoms with Crippen molar-refractivity contribution in [3.05, 3.63) is 117 Å². The van der Waals surface area contributed by atoms with E-state index < -0.39 is 5.63 Å². The van der Waals surface area contributed by atoms with E-state index in [0.717, 1.165) is 27.6 Å². The second-order valence-electron chi connectivity index (χ2n) is 7.76. The Morgan fingerprint density at radius 3 is 2.06 bits per heavy atom. The van der Waals surface area contributed by atoms with Crippen molar-refractivity contribution in [3.8, 4) is 0 Å². The maximum atomic E-state index is 12.8. The fraction of sp³-hybridized carbons (Fsp3) is 0.185. The molecule has 4 nitrogen and oxygen atoms in total. The summed E-state index contributed by atoms with van der Waals surface area (Å²) >= 11 is 0. The van der Waals surface area contributed by atoms with Gasteiger partial charge in [-0.05, 0) is 48.2 Å². The molecular formula is C27H24O4. The van der Waals surface area contributed by atoms with Crippen LogP contribution in [-0.2, 0) is 16.1 Å². The highest BCUT2D eigenvalue weighted by Crippen LogP contribution is 2.29.